The van der Waals surface area contributed by atoms with Crippen molar-refractivity contribution in [3.05, 3.63) is 147 Å². The minimum absolute atomic E-state index is 0.188. The summed E-state index contributed by atoms with van der Waals surface area (Å²) in [6.45, 7) is 1.22. The molecule has 0 unspecified atom stereocenters. The largest absolute Gasteiger partial charge is 0.506 e. The Kier molecular flexibility index (Phi) is 17.1. The van der Waals surface area contributed by atoms with Gasteiger partial charge in [0, 0.05) is 42.1 Å². The van der Waals surface area contributed by atoms with Crippen LogP contribution in [0.25, 0.3) is 21.8 Å². The van der Waals surface area contributed by atoms with E-state index < -0.39 is 0 Å². The van der Waals surface area contributed by atoms with Crippen LogP contribution < -0.4 is 43.8 Å². The number of hydrogen-bond acceptors (Lipinski definition) is 14. The van der Waals surface area contributed by atoms with Gasteiger partial charge in [0.25, 0.3) is 0 Å². The number of anilines is 2. The zero-order valence-corrected chi connectivity index (χ0v) is 40.1. The molecule has 0 bridgehead atoms. The van der Waals surface area contributed by atoms with Crippen LogP contribution in [-0.2, 0) is 13.1 Å². The Morgan fingerprint density at radius 3 is 1.38 bits per heavy atom. The molecule has 65 heavy (non-hydrogen) atoms. The van der Waals surface area contributed by atoms with Crippen molar-refractivity contribution >= 4 is 76.9 Å². The summed E-state index contributed by atoms with van der Waals surface area (Å²) in [7, 11) is 9.68. The van der Waals surface area contributed by atoms with Crippen LogP contribution in [0.15, 0.2) is 131 Å². The van der Waals surface area contributed by atoms with Crippen LogP contribution in [0.2, 0.25) is 5.02 Å². The predicted molar refractivity (Wildman–Crippen MR) is 261 cm³/mol. The van der Waals surface area contributed by atoms with Crippen molar-refractivity contribution in [2.75, 3.05) is 53.3 Å². The number of nitrogens with one attached hydrogen (secondary N) is 2. The first-order chi connectivity index (χ1) is 31.5. The van der Waals surface area contributed by atoms with Crippen LogP contribution in [-0.4, -0.2) is 67.7 Å². The van der Waals surface area contributed by atoms with Gasteiger partial charge in [0.1, 0.15) is 49.6 Å². The maximum absolute atomic E-state index is 8.67. The van der Waals surface area contributed by atoms with Crippen LogP contribution in [0, 0.1) is 0 Å². The van der Waals surface area contributed by atoms with E-state index in [2.05, 4.69) is 57.4 Å². The number of hydrogen-bond donors (Lipinski definition) is 3. The number of rotatable bonds is 14. The Labute approximate surface area is 398 Å². The smallest absolute Gasteiger partial charge is 0.162 e. The molecule has 0 fully saturated rings. The third kappa shape index (κ3) is 13.2. The average Bonchev–Trinajstić information content (AvgIpc) is 3.34. The SMILES string of the molecule is COc1ccc(CNc2cc(Cl)c3cc(OC)c(OC)cc3n2)cc1.COc1ccc(CNc2cc(Oc3ccc(Br)nc3)c3cc(OC)c(OC)cc3n2)cc1.Oc1ccc(Br)nc1. The maximum Gasteiger partial charge on any atom is 0.162 e. The van der Waals surface area contributed by atoms with E-state index in [-0.39, 0.29) is 5.75 Å². The topological polar surface area (TPSA) is 160 Å². The number of nitrogens with zero attached hydrogens (tertiary/aromatic N) is 4. The van der Waals surface area contributed by atoms with Gasteiger partial charge >= 0.3 is 0 Å². The molecule has 0 aliphatic rings. The molecule has 17 heteroatoms. The number of benzene rings is 4. The number of methoxy groups -OCH3 is 6. The lowest BCUT2D eigenvalue weighted by Crippen LogP contribution is -2.03. The van der Waals surface area contributed by atoms with E-state index in [0.29, 0.717) is 69.8 Å². The van der Waals surface area contributed by atoms with Crippen LogP contribution in [0.4, 0.5) is 11.6 Å². The monoisotopic (exact) mass is 1030 g/mol. The summed E-state index contributed by atoms with van der Waals surface area (Å²) >= 11 is 12.9. The van der Waals surface area contributed by atoms with Gasteiger partial charge in [0.15, 0.2) is 23.0 Å². The van der Waals surface area contributed by atoms with Gasteiger partial charge in [-0.3, -0.25) is 0 Å². The van der Waals surface area contributed by atoms with Gasteiger partial charge < -0.3 is 48.9 Å². The molecule has 0 spiro atoms. The van der Waals surface area contributed by atoms with Crippen molar-refractivity contribution in [2.45, 2.75) is 13.1 Å². The molecule has 0 aliphatic carbocycles. The molecule has 0 aliphatic heterocycles. The molecule has 336 valence electrons. The number of aromatic hydroxyl groups is 1. The van der Waals surface area contributed by atoms with Gasteiger partial charge in [-0.1, -0.05) is 35.9 Å². The van der Waals surface area contributed by atoms with Crippen LogP contribution in [0.1, 0.15) is 11.1 Å². The Bertz CT molecular complexity index is 2790. The molecule has 14 nitrogen and oxygen atoms in total. The van der Waals surface area contributed by atoms with E-state index in [4.69, 9.17) is 54.8 Å². The number of halogens is 3. The predicted octanol–water partition coefficient (Wildman–Crippen LogP) is 11.9. The summed E-state index contributed by atoms with van der Waals surface area (Å²) in [6.07, 6.45) is 3.03. The Balaban J connectivity index is 0.000000188. The number of ether oxygens (including phenoxy) is 7. The highest BCUT2D eigenvalue weighted by Crippen LogP contribution is 2.39. The van der Waals surface area contributed by atoms with Gasteiger partial charge in [-0.05, 0) is 110 Å². The molecular weight excluding hydrogens is 984 g/mol. The molecular formula is C48H45Br2ClN6O8. The van der Waals surface area contributed by atoms with E-state index in [1.54, 1.807) is 67.1 Å². The average molecular weight is 1030 g/mol. The summed E-state index contributed by atoms with van der Waals surface area (Å²) in [5, 5.41) is 17.5. The first-order valence-corrected chi connectivity index (χ1v) is 21.6. The first kappa shape index (κ1) is 47.7. The molecule has 4 aromatic carbocycles. The standard InChI is InChI=1S/C24H22BrN3O4.C19H19ClN2O3.C5H4BrNO/c1-29-16-6-4-15(5-7-16)13-27-24-12-20(32-17-8-9-23(25)26-14-17)18-10-21(30-2)22(31-3)11-19(18)28-24;1-23-13-6-4-12(5-7-13)11-21-19-9-15(20)14-8-17(24-2)18(25-3)10-16(14)22-19;6-5-2-1-4(8)3-7-5/h4-12,14H,13H2,1-3H3,(H,27,28);4-10H,11H2,1-3H3,(H,21,22);1-3,8H. The van der Waals surface area contributed by atoms with Crippen molar-refractivity contribution in [2.24, 2.45) is 0 Å². The number of aromatic nitrogens is 4. The van der Waals surface area contributed by atoms with Gasteiger partial charge in [0.05, 0.1) is 71.1 Å². The minimum Gasteiger partial charge on any atom is -0.506 e. The molecule has 3 N–H and O–H groups in total. The fourth-order valence-corrected chi connectivity index (χ4v) is 6.81. The summed E-state index contributed by atoms with van der Waals surface area (Å²) < 4.78 is 39.6. The first-order valence-electron chi connectivity index (χ1n) is 19.7. The molecule has 4 heterocycles. The molecule has 0 saturated carbocycles. The normalized spacial score (nSPS) is 10.4. The number of fused-ring (bicyclic) bond motifs is 2. The Hall–Kier alpha value is -6.75. The lowest BCUT2D eigenvalue weighted by atomic mass is 10.1. The Morgan fingerprint density at radius 1 is 0.492 bits per heavy atom. The maximum atomic E-state index is 8.67. The quantitative estimate of drug-likeness (QED) is 0.0883. The Morgan fingerprint density at radius 2 is 0.938 bits per heavy atom. The van der Waals surface area contributed by atoms with Crippen molar-refractivity contribution in [3.8, 4) is 51.7 Å². The van der Waals surface area contributed by atoms with E-state index in [1.165, 1.54) is 6.20 Å². The summed E-state index contributed by atoms with van der Waals surface area (Å²) in [6, 6.07) is 33.6. The van der Waals surface area contributed by atoms with E-state index in [0.717, 1.165) is 48.1 Å². The third-order valence-corrected chi connectivity index (χ3v) is 10.7. The van der Waals surface area contributed by atoms with Gasteiger partial charge in [0.2, 0.25) is 0 Å². The summed E-state index contributed by atoms with van der Waals surface area (Å²) in [5.74, 6) is 6.86. The molecule has 0 atom stereocenters. The summed E-state index contributed by atoms with van der Waals surface area (Å²) in [4.78, 5) is 17.3. The molecule has 4 aromatic heterocycles. The molecule has 0 saturated heterocycles. The van der Waals surface area contributed by atoms with Crippen molar-refractivity contribution in [1.82, 2.24) is 19.9 Å². The fraction of sp³-hybridized carbons (Fsp3) is 0.167. The van der Waals surface area contributed by atoms with Gasteiger partial charge in [-0.2, -0.15) is 0 Å². The fourth-order valence-electron chi connectivity index (χ4n) is 6.09. The van der Waals surface area contributed by atoms with Crippen molar-refractivity contribution < 1.29 is 38.3 Å². The molecule has 8 rings (SSSR count). The van der Waals surface area contributed by atoms with Crippen LogP contribution in [0.3, 0.4) is 0 Å². The minimum atomic E-state index is 0.188. The molecule has 0 amide bonds. The lowest BCUT2D eigenvalue weighted by Gasteiger charge is -2.15. The van der Waals surface area contributed by atoms with Gasteiger partial charge in [-0.25, -0.2) is 19.9 Å². The zero-order valence-electron chi connectivity index (χ0n) is 36.2. The second-order valence-electron chi connectivity index (χ2n) is 13.6. The van der Waals surface area contributed by atoms with Crippen molar-refractivity contribution in [3.63, 3.8) is 0 Å². The third-order valence-electron chi connectivity index (χ3n) is 9.44. The highest BCUT2D eigenvalue weighted by Gasteiger charge is 2.15. The zero-order chi connectivity index (χ0) is 46.3. The van der Waals surface area contributed by atoms with Crippen LogP contribution in [0.5, 0.6) is 51.7 Å². The molecule has 0 radical (unpaired) electrons. The second-order valence-corrected chi connectivity index (χ2v) is 15.6. The van der Waals surface area contributed by atoms with E-state index >= 15 is 0 Å². The highest BCUT2D eigenvalue weighted by molar-refractivity contribution is 9.10. The van der Waals surface area contributed by atoms with Crippen molar-refractivity contribution in [1.29, 1.82) is 0 Å². The van der Waals surface area contributed by atoms with Crippen LogP contribution >= 0.6 is 43.5 Å². The highest BCUT2D eigenvalue weighted by atomic mass is 79.9. The molecule has 8 aromatic rings. The number of pyridine rings is 4. The van der Waals surface area contributed by atoms with E-state index in [1.807, 2.05) is 91.0 Å². The van der Waals surface area contributed by atoms with E-state index in [9.17, 15) is 0 Å². The van der Waals surface area contributed by atoms with Gasteiger partial charge in [-0.15, -0.1) is 0 Å². The summed E-state index contributed by atoms with van der Waals surface area (Å²) in [5.41, 5.74) is 3.66. The lowest BCUT2D eigenvalue weighted by molar-refractivity contribution is 0.355. The second kappa shape index (κ2) is 23.3.